The van der Waals surface area contributed by atoms with Gasteiger partial charge in [0.2, 0.25) is 0 Å². The standard InChI is InChI=1S/C18H13ClN6O5S/c1-24-8-20-23-18(24)31-15-3-2-9(4-13(15)25(28)29)17(27)22-11-6-14-12(5-10(11)19)21-16(26)7-30-14/h2-6,8H,7H2,1H3,(H,21,26)(H,22,27). The van der Waals surface area contributed by atoms with Crippen LogP contribution in [0.3, 0.4) is 0 Å². The van der Waals surface area contributed by atoms with Gasteiger partial charge in [0.1, 0.15) is 12.1 Å². The van der Waals surface area contributed by atoms with Crippen LogP contribution >= 0.6 is 23.4 Å². The van der Waals surface area contributed by atoms with Crippen molar-refractivity contribution in [2.75, 3.05) is 17.2 Å². The van der Waals surface area contributed by atoms with Gasteiger partial charge in [0, 0.05) is 24.7 Å². The molecule has 2 heterocycles. The molecule has 0 unspecified atom stereocenters. The zero-order chi connectivity index (χ0) is 22.1. The molecular weight excluding hydrogens is 448 g/mol. The number of aromatic nitrogens is 3. The van der Waals surface area contributed by atoms with Gasteiger partial charge in [0.15, 0.2) is 11.8 Å². The van der Waals surface area contributed by atoms with E-state index >= 15 is 0 Å². The summed E-state index contributed by atoms with van der Waals surface area (Å²) in [7, 11) is 1.72. The van der Waals surface area contributed by atoms with Crippen molar-refractivity contribution in [2.24, 2.45) is 7.05 Å². The quantitative estimate of drug-likeness (QED) is 0.437. The Kier molecular flexibility index (Phi) is 5.48. The highest BCUT2D eigenvalue weighted by molar-refractivity contribution is 7.99. The van der Waals surface area contributed by atoms with Crippen LogP contribution in [0.2, 0.25) is 5.02 Å². The van der Waals surface area contributed by atoms with Crippen LogP contribution in [-0.4, -0.2) is 38.1 Å². The molecule has 31 heavy (non-hydrogen) atoms. The van der Waals surface area contributed by atoms with Crippen molar-refractivity contribution in [1.29, 1.82) is 0 Å². The molecular formula is C18H13ClN6O5S. The lowest BCUT2D eigenvalue weighted by Crippen LogP contribution is -2.25. The summed E-state index contributed by atoms with van der Waals surface area (Å²) in [4.78, 5) is 35.4. The maximum absolute atomic E-state index is 12.7. The summed E-state index contributed by atoms with van der Waals surface area (Å²) in [6.07, 6.45) is 1.48. The van der Waals surface area contributed by atoms with E-state index in [9.17, 15) is 19.7 Å². The van der Waals surface area contributed by atoms with E-state index in [4.69, 9.17) is 16.3 Å². The van der Waals surface area contributed by atoms with Crippen LogP contribution in [0.25, 0.3) is 0 Å². The number of nitrogens with zero attached hydrogens (tertiary/aromatic N) is 4. The fourth-order valence-electron chi connectivity index (χ4n) is 2.74. The summed E-state index contributed by atoms with van der Waals surface area (Å²) in [6, 6.07) is 7.04. The van der Waals surface area contributed by atoms with E-state index in [1.165, 1.54) is 36.7 Å². The topological polar surface area (TPSA) is 141 Å². The molecule has 0 atom stereocenters. The molecule has 0 aliphatic carbocycles. The van der Waals surface area contributed by atoms with Gasteiger partial charge in [-0.15, -0.1) is 10.2 Å². The second-order valence-corrected chi connectivity index (χ2v) is 7.80. The summed E-state index contributed by atoms with van der Waals surface area (Å²) in [6.45, 7) is -0.154. The second-order valence-electron chi connectivity index (χ2n) is 6.39. The monoisotopic (exact) mass is 460 g/mol. The van der Waals surface area contributed by atoms with Gasteiger partial charge in [0.25, 0.3) is 17.5 Å². The molecule has 2 aromatic carbocycles. The number of carbonyl (C=O) groups excluding carboxylic acids is 2. The number of fused-ring (bicyclic) bond motifs is 1. The molecule has 0 spiro atoms. The molecule has 1 aliphatic rings. The van der Waals surface area contributed by atoms with Gasteiger partial charge in [-0.3, -0.25) is 19.7 Å². The largest absolute Gasteiger partial charge is 0.482 e. The number of anilines is 2. The normalized spacial score (nSPS) is 12.5. The fourth-order valence-corrected chi connectivity index (χ4v) is 3.80. The third kappa shape index (κ3) is 4.29. The number of hydrogen-bond acceptors (Lipinski definition) is 8. The first-order valence-electron chi connectivity index (χ1n) is 8.69. The molecule has 2 amide bonds. The number of nitro groups is 1. The lowest BCUT2D eigenvalue weighted by molar-refractivity contribution is -0.387. The highest BCUT2D eigenvalue weighted by Crippen LogP contribution is 2.37. The number of nitro benzene ring substituents is 1. The molecule has 0 fully saturated rings. The van der Waals surface area contributed by atoms with Gasteiger partial charge in [-0.05, 0) is 30.0 Å². The van der Waals surface area contributed by atoms with E-state index in [2.05, 4.69) is 20.8 Å². The molecule has 0 bridgehead atoms. The molecule has 158 valence electrons. The molecule has 0 radical (unpaired) electrons. The highest BCUT2D eigenvalue weighted by Gasteiger charge is 2.22. The van der Waals surface area contributed by atoms with Crippen LogP contribution in [-0.2, 0) is 11.8 Å². The SMILES string of the molecule is Cn1cnnc1Sc1ccc(C(=O)Nc2cc3c(cc2Cl)NC(=O)CO3)cc1[N+](=O)[O-]. The van der Waals surface area contributed by atoms with E-state index in [-0.39, 0.29) is 34.5 Å². The number of rotatable bonds is 5. The average Bonchev–Trinajstić information content (AvgIpc) is 3.13. The van der Waals surface area contributed by atoms with Crippen molar-refractivity contribution >= 4 is 52.2 Å². The summed E-state index contributed by atoms with van der Waals surface area (Å²) in [5.41, 5.74) is 0.446. The van der Waals surface area contributed by atoms with Crippen molar-refractivity contribution < 1.29 is 19.2 Å². The van der Waals surface area contributed by atoms with Crippen LogP contribution in [0.15, 0.2) is 46.7 Å². The fraction of sp³-hybridized carbons (Fsp3) is 0.111. The van der Waals surface area contributed by atoms with E-state index < -0.39 is 10.8 Å². The molecule has 0 saturated heterocycles. The van der Waals surface area contributed by atoms with Crippen LogP contribution in [0.1, 0.15) is 10.4 Å². The number of aryl methyl sites for hydroxylation is 1. The maximum atomic E-state index is 12.7. The highest BCUT2D eigenvalue weighted by atomic mass is 35.5. The van der Waals surface area contributed by atoms with Gasteiger partial charge in [-0.1, -0.05) is 11.6 Å². The minimum absolute atomic E-state index is 0.0667. The zero-order valence-corrected chi connectivity index (χ0v) is 17.4. The molecule has 3 aromatic rings. The van der Waals surface area contributed by atoms with Crippen molar-refractivity contribution in [1.82, 2.24) is 14.8 Å². The van der Waals surface area contributed by atoms with E-state index in [0.717, 1.165) is 11.8 Å². The summed E-state index contributed by atoms with van der Waals surface area (Å²) in [5.74, 6) is -0.562. The van der Waals surface area contributed by atoms with E-state index in [1.807, 2.05) is 0 Å². The van der Waals surface area contributed by atoms with Crippen molar-refractivity contribution in [3.05, 3.63) is 57.4 Å². The molecule has 13 heteroatoms. The Morgan fingerprint density at radius 3 is 2.90 bits per heavy atom. The minimum atomic E-state index is -0.597. The third-order valence-electron chi connectivity index (χ3n) is 4.24. The lowest BCUT2D eigenvalue weighted by atomic mass is 10.1. The molecule has 0 saturated carbocycles. The van der Waals surface area contributed by atoms with Crippen LogP contribution in [0.4, 0.5) is 17.1 Å². The second kappa shape index (κ2) is 8.24. The number of nitrogens with one attached hydrogen (secondary N) is 2. The Balaban J connectivity index is 1.59. The average molecular weight is 461 g/mol. The minimum Gasteiger partial charge on any atom is -0.482 e. The molecule has 1 aliphatic heterocycles. The predicted molar refractivity (Wildman–Crippen MR) is 112 cm³/mol. The Morgan fingerprint density at radius 2 is 2.19 bits per heavy atom. The summed E-state index contributed by atoms with van der Waals surface area (Å²) < 4.78 is 6.94. The van der Waals surface area contributed by atoms with Crippen molar-refractivity contribution in [3.8, 4) is 5.75 Å². The Bertz CT molecular complexity index is 1230. The number of amides is 2. The number of ether oxygens (including phenoxy) is 1. The van der Waals surface area contributed by atoms with Crippen LogP contribution in [0, 0.1) is 10.1 Å². The number of halogens is 1. The Labute approximate surface area is 183 Å². The summed E-state index contributed by atoms with van der Waals surface area (Å²) in [5, 5.41) is 25.0. The Morgan fingerprint density at radius 1 is 1.39 bits per heavy atom. The summed E-state index contributed by atoms with van der Waals surface area (Å²) >= 11 is 7.26. The van der Waals surface area contributed by atoms with Crippen LogP contribution < -0.4 is 15.4 Å². The number of benzene rings is 2. The maximum Gasteiger partial charge on any atom is 0.284 e. The first-order chi connectivity index (χ1) is 14.8. The molecule has 1 aromatic heterocycles. The van der Waals surface area contributed by atoms with Gasteiger partial charge < -0.3 is 19.9 Å². The predicted octanol–water partition coefficient (Wildman–Crippen LogP) is 3.11. The first-order valence-corrected chi connectivity index (χ1v) is 9.89. The van der Waals surface area contributed by atoms with Crippen molar-refractivity contribution in [3.63, 3.8) is 0 Å². The Hall–Kier alpha value is -3.64. The molecule has 4 rings (SSSR count). The number of carbonyl (C=O) groups is 2. The first kappa shape index (κ1) is 20.6. The lowest BCUT2D eigenvalue weighted by Gasteiger charge is -2.19. The van der Waals surface area contributed by atoms with Gasteiger partial charge in [-0.25, -0.2) is 0 Å². The number of hydrogen-bond donors (Lipinski definition) is 2. The zero-order valence-electron chi connectivity index (χ0n) is 15.8. The molecule has 2 N–H and O–H groups in total. The van der Waals surface area contributed by atoms with Gasteiger partial charge in [-0.2, -0.15) is 0 Å². The smallest absolute Gasteiger partial charge is 0.284 e. The van der Waals surface area contributed by atoms with Gasteiger partial charge >= 0.3 is 0 Å². The van der Waals surface area contributed by atoms with Crippen LogP contribution in [0.5, 0.6) is 5.75 Å². The third-order valence-corrected chi connectivity index (χ3v) is 5.67. The molecule has 11 nitrogen and oxygen atoms in total. The van der Waals surface area contributed by atoms with E-state index in [1.54, 1.807) is 11.6 Å². The van der Waals surface area contributed by atoms with Gasteiger partial charge in [0.05, 0.1) is 26.2 Å². The van der Waals surface area contributed by atoms with Crippen molar-refractivity contribution in [2.45, 2.75) is 10.1 Å². The van der Waals surface area contributed by atoms with E-state index in [0.29, 0.717) is 21.5 Å².